The van der Waals surface area contributed by atoms with Crippen molar-refractivity contribution in [1.82, 2.24) is 0 Å². The molecule has 1 rings (SSSR count). The quantitative estimate of drug-likeness (QED) is 0.352. The van der Waals surface area contributed by atoms with Gasteiger partial charge in [-0.05, 0) is 24.3 Å². The first-order chi connectivity index (χ1) is 15.1. The van der Waals surface area contributed by atoms with Gasteiger partial charge >= 0.3 is 53.5 Å². The number of benzene rings is 1. The van der Waals surface area contributed by atoms with E-state index in [2.05, 4.69) is 0 Å². The molecular formula is C15H5F18NO. The minimum atomic E-state index is -8.78. The highest BCUT2D eigenvalue weighted by atomic mass is 19.4. The van der Waals surface area contributed by atoms with E-state index in [9.17, 15) is 83.8 Å². The zero-order valence-electron chi connectivity index (χ0n) is 15.5. The number of hydrogen-bond acceptors (Lipinski definition) is 1. The Morgan fingerprint density at radius 3 is 1.17 bits per heavy atom. The summed E-state index contributed by atoms with van der Waals surface area (Å²) in [7, 11) is 0. The van der Waals surface area contributed by atoms with Crippen LogP contribution in [0, 0.1) is 5.82 Å². The van der Waals surface area contributed by atoms with Crippen LogP contribution in [-0.4, -0.2) is 53.5 Å². The van der Waals surface area contributed by atoms with E-state index in [4.69, 9.17) is 0 Å². The Hall–Kier alpha value is -2.57. The summed E-state index contributed by atoms with van der Waals surface area (Å²) in [5.41, 5.74) is -1.12. The molecule has 0 saturated heterocycles. The van der Waals surface area contributed by atoms with E-state index in [-0.39, 0.29) is 0 Å². The average Bonchev–Trinajstić information content (AvgIpc) is 2.67. The van der Waals surface area contributed by atoms with E-state index in [0.29, 0.717) is 29.6 Å². The molecule has 0 fully saturated rings. The molecule has 0 atom stereocenters. The molecule has 0 unspecified atom stereocenters. The number of nitrogens with one attached hydrogen (secondary N) is 1. The third-order valence-electron chi connectivity index (χ3n) is 4.11. The molecule has 0 spiro atoms. The van der Waals surface area contributed by atoms with Crippen LogP contribution in [0.5, 0.6) is 0 Å². The fraction of sp³-hybridized carbons (Fsp3) is 0.533. The highest BCUT2D eigenvalue weighted by Crippen LogP contribution is 2.63. The Morgan fingerprint density at radius 1 is 0.514 bits per heavy atom. The lowest BCUT2D eigenvalue weighted by Crippen LogP contribution is -2.75. The lowest BCUT2D eigenvalue weighted by molar-refractivity contribution is -0.459. The zero-order chi connectivity index (χ0) is 28.3. The molecule has 202 valence electrons. The molecule has 0 aliphatic carbocycles. The number of hydrogen-bond donors (Lipinski definition) is 1. The van der Waals surface area contributed by atoms with Gasteiger partial charge in [0.15, 0.2) is 0 Å². The largest absolute Gasteiger partial charge is 0.460 e. The first kappa shape index (κ1) is 30.5. The number of amides is 1. The topological polar surface area (TPSA) is 29.1 Å². The van der Waals surface area contributed by atoms with Gasteiger partial charge in [-0.2, -0.15) is 74.6 Å². The third kappa shape index (κ3) is 4.21. The molecule has 1 amide bonds. The van der Waals surface area contributed by atoms with Gasteiger partial charge < -0.3 is 5.32 Å². The number of carbonyl (C=O) groups excluding carboxylic acids is 1. The predicted octanol–water partition coefficient (Wildman–Crippen LogP) is 6.77. The summed E-state index contributed by atoms with van der Waals surface area (Å²) in [6.45, 7) is 0. The maximum Gasteiger partial charge on any atom is 0.460 e. The standard InChI is InChI=1S/C15H5F18NO/c16-5-1-3-6(4-2-5)34-7(35)8(17,18)9(19,20)10(21,22)11(23,24)12(25,26)13(27,28)14(29,30)15(31,32)33/h1-4H,(H,34,35). The number of rotatable bonds is 8. The molecule has 35 heavy (non-hydrogen) atoms. The summed E-state index contributed by atoms with van der Waals surface area (Å²) in [5.74, 6) is -63.3. The van der Waals surface area contributed by atoms with E-state index in [1.807, 2.05) is 0 Å². The number of halogens is 18. The lowest BCUT2D eigenvalue weighted by Gasteiger charge is -2.42. The molecule has 0 radical (unpaired) electrons. The van der Waals surface area contributed by atoms with Crippen molar-refractivity contribution >= 4 is 11.6 Å². The van der Waals surface area contributed by atoms with Crippen molar-refractivity contribution in [3.8, 4) is 0 Å². The van der Waals surface area contributed by atoms with Gasteiger partial charge in [0.1, 0.15) is 5.82 Å². The maximum absolute atomic E-state index is 13.7. The Bertz CT molecular complexity index is 932. The zero-order valence-corrected chi connectivity index (χ0v) is 15.5. The number of anilines is 1. The van der Waals surface area contributed by atoms with Crippen molar-refractivity contribution in [2.24, 2.45) is 0 Å². The van der Waals surface area contributed by atoms with Crippen LogP contribution < -0.4 is 5.32 Å². The van der Waals surface area contributed by atoms with Crippen LogP contribution >= 0.6 is 0 Å². The summed E-state index contributed by atoms with van der Waals surface area (Å²) >= 11 is 0. The molecule has 0 saturated carbocycles. The summed E-state index contributed by atoms with van der Waals surface area (Å²) < 4.78 is 236. The van der Waals surface area contributed by atoms with E-state index in [1.54, 1.807) is 0 Å². The van der Waals surface area contributed by atoms with E-state index in [0.717, 1.165) is 0 Å². The van der Waals surface area contributed by atoms with Crippen LogP contribution in [0.25, 0.3) is 0 Å². The molecule has 1 aromatic rings. The molecule has 0 heterocycles. The summed E-state index contributed by atoms with van der Waals surface area (Å²) in [6, 6.07) is 1.25. The molecule has 20 heteroatoms. The van der Waals surface area contributed by atoms with Gasteiger partial charge in [-0.15, -0.1) is 0 Å². The third-order valence-corrected chi connectivity index (χ3v) is 4.11. The van der Waals surface area contributed by atoms with Gasteiger partial charge in [-0.1, -0.05) is 0 Å². The monoisotopic (exact) mass is 557 g/mol. The van der Waals surface area contributed by atoms with Crippen LogP contribution in [-0.2, 0) is 4.79 Å². The van der Waals surface area contributed by atoms with Crippen molar-refractivity contribution in [2.45, 2.75) is 47.6 Å². The minimum Gasteiger partial charge on any atom is -0.321 e. The summed E-state index contributed by atoms with van der Waals surface area (Å²) in [4.78, 5) is 11.3. The van der Waals surface area contributed by atoms with Crippen LogP contribution in [0.15, 0.2) is 24.3 Å². The van der Waals surface area contributed by atoms with Gasteiger partial charge in [0.2, 0.25) is 0 Å². The molecule has 0 aliphatic heterocycles. The Kier molecular flexibility index (Phi) is 7.17. The fourth-order valence-electron chi connectivity index (χ4n) is 2.05. The molecule has 0 aliphatic rings. The lowest BCUT2D eigenvalue weighted by atomic mass is 9.89. The van der Waals surface area contributed by atoms with Crippen molar-refractivity contribution in [3.63, 3.8) is 0 Å². The van der Waals surface area contributed by atoms with E-state index >= 15 is 0 Å². The smallest absolute Gasteiger partial charge is 0.321 e. The fourth-order valence-corrected chi connectivity index (χ4v) is 2.05. The Balaban J connectivity index is 3.56. The summed E-state index contributed by atoms with van der Waals surface area (Å²) in [5, 5.41) is 0.634. The molecule has 1 N–H and O–H groups in total. The maximum atomic E-state index is 13.7. The number of carbonyl (C=O) groups is 1. The van der Waals surface area contributed by atoms with E-state index in [1.165, 1.54) is 0 Å². The molecular weight excluding hydrogens is 552 g/mol. The SMILES string of the molecule is O=C(Nc1ccc(F)cc1)C(F)(F)C(F)(F)C(F)(F)C(F)(F)C(F)(F)C(F)(F)C(F)(F)C(F)(F)F. The molecule has 0 bridgehead atoms. The van der Waals surface area contributed by atoms with Gasteiger partial charge in [-0.3, -0.25) is 4.79 Å². The highest BCUT2D eigenvalue weighted by Gasteiger charge is 2.95. The number of alkyl halides is 17. The van der Waals surface area contributed by atoms with Crippen LogP contribution in [0.2, 0.25) is 0 Å². The normalized spacial score (nSPS) is 15.3. The molecule has 0 aromatic heterocycles. The molecule has 2 nitrogen and oxygen atoms in total. The van der Waals surface area contributed by atoms with Crippen molar-refractivity contribution in [1.29, 1.82) is 0 Å². The van der Waals surface area contributed by atoms with Crippen molar-refractivity contribution in [2.75, 3.05) is 5.32 Å². The second-order valence-electron chi connectivity index (χ2n) is 6.48. The van der Waals surface area contributed by atoms with Gasteiger partial charge in [0.25, 0.3) is 0 Å². The van der Waals surface area contributed by atoms with E-state index < -0.39 is 65.0 Å². The minimum absolute atomic E-state index is 0.294. The van der Waals surface area contributed by atoms with Crippen molar-refractivity contribution < 1.29 is 83.8 Å². The first-order valence-corrected chi connectivity index (χ1v) is 7.93. The second kappa shape index (κ2) is 8.24. The second-order valence-corrected chi connectivity index (χ2v) is 6.48. The Labute approximate surface area is 179 Å². The average molecular weight is 557 g/mol. The van der Waals surface area contributed by atoms with Gasteiger partial charge in [0.05, 0.1) is 0 Å². The Morgan fingerprint density at radius 2 is 0.829 bits per heavy atom. The first-order valence-electron chi connectivity index (χ1n) is 7.93. The van der Waals surface area contributed by atoms with Gasteiger partial charge in [0, 0.05) is 5.69 Å². The highest BCUT2D eigenvalue weighted by molar-refractivity contribution is 5.97. The van der Waals surface area contributed by atoms with Gasteiger partial charge in [-0.25, -0.2) is 4.39 Å². The molecule has 1 aromatic carbocycles. The van der Waals surface area contributed by atoms with Crippen LogP contribution in [0.1, 0.15) is 0 Å². The summed E-state index contributed by atoms with van der Waals surface area (Å²) in [6.07, 6.45) is -7.85. The van der Waals surface area contributed by atoms with Crippen LogP contribution in [0.4, 0.5) is 84.7 Å². The van der Waals surface area contributed by atoms with Crippen molar-refractivity contribution in [3.05, 3.63) is 30.1 Å². The predicted molar refractivity (Wildman–Crippen MR) is 75.7 cm³/mol. The van der Waals surface area contributed by atoms with Crippen LogP contribution in [0.3, 0.4) is 0 Å².